The van der Waals surface area contributed by atoms with Crippen molar-refractivity contribution in [2.45, 2.75) is 41.0 Å². The molecule has 0 spiro atoms. The first-order chi connectivity index (χ1) is 11.2. The molecular formula is C17H14F4O2S. The summed E-state index contributed by atoms with van der Waals surface area (Å²) in [5, 5.41) is 21.5. The molecule has 2 N–H and O–H groups in total. The molecule has 7 heteroatoms. The van der Waals surface area contributed by atoms with Crippen LogP contribution in [0.15, 0.2) is 46.2 Å². The number of halogens is 4. The highest BCUT2D eigenvalue weighted by atomic mass is 32.2. The van der Waals surface area contributed by atoms with Crippen molar-refractivity contribution in [1.82, 2.24) is 0 Å². The predicted molar refractivity (Wildman–Crippen MR) is 81.3 cm³/mol. The van der Waals surface area contributed by atoms with Crippen LogP contribution in [0.25, 0.3) is 0 Å². The topological polar surface area (TPSA) is 40.5 Å². The number of fused-ring (bicyclic) bond motifs is 2. The van der Waals surface area contributed by atoms with Gasteiger partial charge in [-0.1, -0.05) is 24.8 Å². The molecule has 1 aliphatic heterocycles. The van der Waals surface area contributed by atoms with E-state index in [9.17, 15) is 27.8 Å². The highest BCUT2D eigenvalue weighted by Gasteiger charge is 2.46. The minimum absolute atomic E-state index is 0.0178. The summed E-state index contributed by atoms with van der Waals surface area (Å²) in [5.41, 5.74) is -2.75. The van der Waals surface area contributed by atoms with Gasteiger partial charge in [0, 0.05) is 20.9 Å². The standard InChI is InChI=1S/C17H14F4O2S/c1-2-15(22)16(23)11-5-4-10(18)8-14(11)24-13-6-3-9(7-12(13)16)17(19,20)21/h3-8,15,22-23H,2H2,1H3. The van der Waals surface area contributed by atoms with Crippen molar-refractivity contribution in [2.24, 2.45) is 0 Å². The molecule has 0 bridgehead atoms. The summed E-state index contributed by atoms with van der Waals surface area (Å²) in [6.07, 6.45) is -5.78. The summed E-state index contributed by atoms with van der Waals surface area (Å²) >= 11 is 1.07. The smallest absolute Gasteiger partial charge is 0.389 e. The first kappa shape index (κ1) is 17.3. The molecule has 2 nitrogen and oxygen atoms in total. The molecule has 2 atom stereocenters. The molecule has 0 amide bonds. The molecule has 0 saturated heterocycles. The van der Waals surface area contributed by atoms with Gasteiger partial charge in [0.1, 0.15) is 11.4 Å². The number of alkyl halides is 3. The Labute approximate surface area is 140 Å². The molecule has 1 aliphatic rings. The van der Waals surface area contributed by atoms with Crippen LogP contribution in [0, 0.1) is 5.82 Å². The van der Waals surface area contributed by atoms with Crippen LogP contribution in [0.4, 0.5) is 17.6 Å². The van der Waals surface area contributed by atoms with Crippen molar-refractivity contribution in [3.63, 3.8) is 0 Å². The molecule has 128 valence electrons. The molecule has 0 fully saturated rings. The van der Waals surface area contributed by atoms with Gasteiger partial charge in [-0.05, 0) is 36.8 Å². The van der Waals surface area contributed by atoms with Crippen molar-refractivity contribution in [1.29, 1.82) is 0 Å². The molecule has 0 saturated carbocycles. The van der Waals surface area contributed by atoms with Crippen LogP contribution in [0.5, 0.6) is 0 Å². The molecule has 2 aromatic carbocycles. The minimum Gasteiger partial charge on any atom is -0.389 e. The fourth-order valence-electron chi connectivity index (χ4n) is 2.91. The largest absolute Gasteiger partial charge is 0.416 e. The molecule has 24 heavy (non-hydrogen) atoms. The van der Waals surface area contributed by atoms with Gasteiger partial charge in [-0.3, -0.25) is 0 Å². The van der Waals surface area contributed by atoms with Crippen LogP contribution < -0.4 is 0 Å². The molecule has 0 radical (unpaired) electrons. The lowest BCUT2D eigenvalue weighted by Gasteiger charge is -2.39. The van der Waals surface area contributed by atoms with E-state index in [0.29, 0.717) is 9.79 Å². The minimum atomic E-state index is -4.57. The lowest BCUT2D eigenvalue weighted by Crippen LogP contribution is -2.42. The van der Waals surface area contributed by atoms with E-state index >= 15 is 0 Å². The number of hydrogen-bond donors (Lipinski definition) is 2. The van der Waals surface area contributed by atoms with E-state index in [-0.39, 0.29) is 17.5 Å². The van der Waals surface area contributed by atoms with Gasteiger partial charge in [-0.25, -0.2) is 4.39 Å². The lowest BCUT2D eigenvalue weighted by molar-refractivity contribution is -0.138. The fourth-order valence-corrected chi connectivity index (χ4v) is 4.11. The van der Waals surface area contributed by atoms with Gasteiger partial charge in [0.15, 0.2) is 0 Å². The Morgan fingerprint density at radius 1 is 1.08 bits per heavy atom. The van der Waals surface area contributed by atoms with Gasteiger partial charge >= 0.3 is 6.18 Å². The Bertz CT molecular complexity index is 791. The highest BCUT2D eigenvalue weighted by molar-refractivity contribution is 7.99. The zero-order valence-electron chi connectivity index (χ0n) is 12.6. The van der Waals surface area contributed by atoms with E-state index < -0.39 is 29.3 Å². The van der Waals surface area contributed by atoms with Crippen LogP contribution >= 0.6 is 11.8 Å². The molecule has 3 rings (SSSR count). The predicted octanol–water partition coefficient (Wildman–Crippen LogP) is 4.32. The van der Waals surface area contributed by atoms with E-state index in [1.54, 1.807) is 6.92 Å². The molecule has 2 unspecified atom stereocenters. The van der Waals surface area contributed by atoms with Crippen LogP contribution in [0.3, 0.4) is 0 Å². The number of aliphatic hydroxyl groups excluding tert-OH is 1. The Morgan fingerprint density at radius 3 is 2.42 bits per heavy atom. The first-order valence-corrected chi connectivity index (χ1v) is 8.09. The highest BCUT2D eigenvalue weighted by Crippen LogP contribution is 2.51. The van der Waals surface area contributed by atoms with Crippen molar-refractivity contribution < 1.29 is 27.8 Å². The van der Waals surface area contributed by atoms with Crippen LogP contribution in [0.1, 0.15) is 30.0 Å². The average Bonchev–Trinajstić information content (AvgIpc) is 2.52. The summed E-state index contributed by atoms with van der Waals surface area (Å²) < 4.78 is 52.6. The van der Waals surface area contributed by atoms with Crippen molar-refractivity contribution in [3.05, 3.63) is 58.9 Å². The van der Waals surface area contributed by atoms with Gasteiger partial charge in [0.25, 0.3) is 0 Å². The number of hydrogen-bond acceptors (Lipinski definition) is 3. The number of benzene rings is 2. The average molecular weight is 358 g/mol. The van der Waals surface area contributed by atoms with Crippen molar-refractivity contribution in [2.75, 3.05) is 0 Å². The first-order valence-electron chi connectivity index (χ1n) is 7.28. The second-order valence-corrected chi connectivity index (χ2v) is 6.73. The van der Waals surface area contributed by atoms with Crippen LogP contribution in [-0.2, 0) is 11.8 Å². The zero-order chi connectivity index (χ0) is 17.7. The van der Waals surface area contributed by atoms with Gasteiger partial charge in [-0.15, -0.1) is 0 Å². The van der Waals surface area contributed by atoms with E-state index in [2.05, 4.69) is 0 Å². The Morgan fingerprint density at radius 2 is 1.79 bits per heavy atom. The molecule has 1 heterocycles. The van der Waals surface area contributed by atoms with E-state index in [1.807, 2.05) is 0 Å². The normalized spacial score (nSPS) is 21.1. The van der Waals surface area contributed by atoms with Crippen molar-refractivity contribution in [3.8, 4) is 0 Å². The number of aliphatic hydroxyl groups is 2. The Kier molecular flexibility index (Phi) is 4.14. The maximum Gasteiger partial charge on any atom is 0.416 e. The second-order valence-electron chi connectivity index (χ2n) is 5.64. The third-order valence-electron chi connectivity index (χ3n) is 4.16. The fraction of sp³-hybridized carbons (Fsp3) is 0.294. The Hall–Kier alpha value is -1.57. The third kappa shape index (κ3) is 2.60. The quantitative estimate of drug-likeness (QED) is 0.786. The summed E-state index contributed by atoms with van der Waals surface area (Å²) in [5.74, 6) is -0.523. The monoisotopic (exact) mass is 358 g/mol. The van der Waals surface area contributed by atoms with Crippen molar-refractivity contribution >= 4 is 11.8 Å². The Balaban J connectivity index is 2.27. The molecule has 2 aromatic rings. The van der Waals surface area contributed by atoms with E-state index in [4.69, 9.17) is 0 Å². The summed E-state index contributed by atoms with van der Waals surface area (Å²) in [6.45, 7) is 1.61. The SMILES string of the molecule is CCC(O)C1(O)c2ccc(F)cc2Sc2ccc(C(F)(F)F)cc21. The second kappa shape index (κ2) is 5.75. The van der Waals surface area contributed by atoms with Crippen LogP contribution in [-0.4, -0.2) is 16.3 Å². The summed E-state index contributed by atoms with van der Waals surface area (Å²) in [7, 11) is 0. The zero-order valence-corrected chi connectivity index (χ0v) is 13.4. The maximum atomic E-state index is 13.5. The lowest BCUT2D eigenvalue weighted by atomic mass is 9.79. The number of rotatable bonds is 2. The van der Waals surface area contributed by atoms with Gasteiger partial charge in [0.05, 0.1) is 11.7 Å². The van der Waals surface area contributed by atoms with E-state index in [1.165, 1.54) is 18.2 Å². The van der Waals surface area contributed by atoms with Gasteiger partial charge < -0.3 is 10.2 Å². The van der Waals surface area contributed by atoms with Gasteiger partial charge in [0.2, 0.25) is 0 Å². The third-order valence-corrected chi connectivity index (χ3v) is 5.29. The maximum absolute atomic E-state index is 13.5. The summed E-state index contributed by atoms with van der Waals surface area (Å²) in [6, 6.07) is 6.63. The summed E-state index contributed by atoms with van der Waals surface area (Å²) in [4.78, 5) is 0.730. The van der Waals surface area contributed by atoms with Gasteiger partial charge in [-0.2, -0.15) is 13.2 Å². The molecular weight excluding hydrogens is 344 g/mol. The molecule has 0 aromatic heterocycles. The molecule has 0 aliphatic carbocycles. The van der Waals surface area contributed by atoms with E-state index in [0.717, 1.165) is 30.0 Å². The van der Waals surface area contributed by atoms with Crippen LogP contribution in [0.2, 0.25) is 0 Å².